The van der Waals surface area contributed by atoms with Crippen LogP contribution in [0.3, 0.4) is 0 Å². The minimum atomic E-state index is -0.605. The molecule has 0 amide bonds. The number of hydrogen-bond donors (Lipinski definition) is 0. The maximum Gasteiger partial charge on any atom is 0.363 e. The number of carbonyl (C=O) groups is 1. The number of ether oxygens (including phenoxy) is 3. The fourth-order valence-electron chi connectivity index (χ4n) is 3.35. The summed E-state index contributed by atoms with van der Waals surface area (Å²) in [5.41, 5.74) is 3.44. The van der Waals surface area contributed by atoms with Gasteiger partial charge in [-0.25, -0.2) is 9.79 Å². The average molecular weight is 458 g/mol. The molecule has 0 saturated carbocycles. The van der Waals surface area contributed by atoms with E-state index in [1.54, 1.807) is 24.3 Å². The molecule has 0 spiro atoms. The predicted molar refractivity (Wildman–Crippen MR) is 127 cm³/mol. The average Bonchev–Trinajstić information content (AvgIpc) is 3.20. The maximum absolute atomic E-state index is 12.3. The number of aryl methyl sites for hydroxylation is 1. The number of nitrogens with zero attached hydrogens (tertiary/aromatic N) is 2. The van der Waals surface area contributed by atoms with Crippen molar-refractivity contribution in [1.29, 1.82) is 0 Å². The fourth-order valence-corrected chi connectivity index (χ4v) is 3.35. The Morgan fingerprint density at radius 2 is 1.79 bits per heavy atom. The number of hydrogen-bond acceptors (Lipinski definition) is 7. The SMILES string of the molecule is CCOc1cc(/C=C2\N=C(c3ccc([N+](=O)[O-])cc3)OC2=O)ccc1OCc1ccccc1C. The van der Waals surface area contributed by atoms with E-state index in [2.05, 4.69) is 4.99 Å². The molecule has 8 nitrogen and oxygen atoms in total. The minimum Gasteiger partial charge on any atom is -0.490 e. The molecular weight excluding hydrogens is 436 g/mol. The van der Waals surface area contributed by atoms with E-state index in [1.165, 1.54) is 24.3 Å². The first-order valence-electron chi connectivity index (χ1n) is 10.7. The van der Waals surface area contributed by atoms with Gasteiger partial charge in [0.25, 0.3) is 5.69 Å². The van der Waals surface area contributed by atoms with Gasteiger partial charge in [0, 0.05) is 17.7 Å². The Labute approximate surface area is 196 Å². The highest BCUT2D eigenvalue weighted by atomic mass is 16.6. The highest BCUT2D eigenvalue weighted by Crippen LogP contribution is 2.31. The molecule has 8 heteroatoms. The van der Waals surface area contributed by atoms with Crippen LogP contribution >= 0.6 is 0 Å². The van der Waals surface area contributed by atoms with Crippen molar-refractivity contribution in [2.24, 2.45) is 4.99 Å². The molecule has 0 aliphatic carbocycles. The van der Waals surface area contributed by atoms with Crippen molar-refractivity contribution in [3.63, 3.8) is 0 Å². The van der Waals surface area contributed by atoms with Gasteiger partial charge in [-0.15, -0.1) is 0 Å². The van der Waals surface area contributed by atoms with Crippen molar-refractivity contribution in [1.82, 2.24) is 0 Å². The second-order valence-electron chi connectivity index (χ2n) is 7.49. The molecule has 0 radical (unpaired) electrons. The summed E-state index contributed by atoms with van der Waals surface area (Å²) >= 11 is 0. The predicted octanol–water partition coefficient (Wildman–Crippen LogP) is 5.23. The van der Waals surface area contributed by atoms with Crippen molar-refractivity contribution in [3.8, 4) is 11.5 Å². The van der Waals surface area contributed by atoms with Crippen LogP contribution in [-0.2, 0) is 16.1 Å². The Kier molecular flexibility index (Phi) is 6.68. The molecule has 0 atom stereocenters. The zero-order valence-corrected chi connectivity index (χ0v) is 18.7. The van der Waals surface area contributed by atoms with Gasteiger partial charge >= 0.3 is 5.97 Å². The number of rotatable bonds is 8. The minimum absolute atomic E-state index is 0.0578. The Balaban J connectivity index is 1.55. The highest BCUT2D eigenvalue weighted by molar-refractivity contribution is 6.12. The van der Waals surface area contributed by atoms with E-state index in [0.29, 0.717) is 35.8 Å². The van der Waals surface area contributed by atoms with Gasteiger partial charge in [-0.3, -0.25) is 10.1 Å². The highest BCUT2D eigenvalue weighted by Gasteiger charge is 2.24. The summed E-state index contributed by atoms with van der Waals surface area (Å²) in [6.07, 6.45) is 1.59. The lowest BCUT2D eigenvalue weighted by atomic mass is 10.1. The Bertz CT molecular complexity index is 1290. The molecule has 3 aromatic carbocycles. The fraction of sp³-hybridized carbons (Fsp3) is 0.154. The van der Waals surface area contributed by atoms with Crippen molar-refractivity contribution < 1.29 is 23.9 Å². The molecule has 1 aliphatic rings. The van der Waals surface area contributed by atoms with Gasteiger partial charge < -0.3 is 14.2 Å². The second kappa shape index (κ2) is 9.99. The normalized spacial score (nSPS) is 14.0. The summed E-state index contributed by atoms with van der Waals surface area (Å²) in [5.74, 6) is 0.633. The first kappa shape index (κ1) is 22.7. The number of esters is 1. The van der Waals surface area contributed by atoms with Gasteiger partial charge in [0.05, 0.1) is 11.5 Å². The quantitative estimate of drug-likeness (QED) is 0.198. The molecule has 0 saturated heterocycles. The number of nitro benzene ring substituents is 1. The molecule has 1 heterocycles. The maximum atomic E-state index is 12.3. The van der Waals surface area contributed by atoms with Gasteiger partial charge in [0.15, 0.2) is 17.2 Å². The van der Waals surface area contributed by atoms with Crippen LogP contribution in [0.1, 0.15) is 29.2 Å². The Morgan fingerprint density at radius 3 is 2.50 bits per heavy atom. The van der Waals surface area contributed by atoms with Crippen LogP contribution in [-0.4, -0.2) is 23.4 Å². The van der Waals surface area contributed by atoms with Gasteiger partial charge in [0.2, 0.25) is 5.90 Å². The van der Waals surface area contributed by atoms with Crippen LogP contribution in [0.2, 0.25) is 0 Å². The summed E-state index contributed by atoms with van der Waals surface area (Å²) < 4.78 is 17.0. The molecule has 0 unspecified atom stereocenters. The molecule has 172 valence electrons. The number of non-ortho nitro benzene ring substituents is 1. The van der Waals surface area contributed by atoms with Crippen LogP contribution in [0.25, 0.3) is 6.08 Å². The zero-order chi connectivity index (χ0) is 24.1. The third-order valence-electron chi connectivity index (χ3n) is 5.16. The molecule has 3 aromatic rings. The lowest BCUT2D eigenvalue weighted by molar-refractivity contribution is -0.384. The lowest BCUT2D eigenvalue weighted by Crippen LogP contribution is -2.05. The number of cyclic esters (lactones) is 1. The van der Waals surface area contributed by atoms with Crippen LogP contribution in [0.4, 0.5) is 5.69 Å². The number of carbonyl (C=O) groups excluding carboxylic acids is 1. The molecule has 0 bridgehead atoms. The second-order valence-corrected chi connectivity index (χ2v) is 7.49. The van der Waals surface area contributed by atoms with E-state index in [9.17, 15) is 14.9 Å². The van der Waals surface area contributed by atoms with Gasteiger partial charge in [-0.05, 0) is 60.9 Å². The van der Waals surface area contributed by atoms with Crippen molar-refractivity contribution in [2.45, 2.75) is 20.5 Å². The Hall–Kier alpha value is -4.46. The molecular formula is C26H22N2O6. The van der Waals surface area contributed by atoms with Gasteiger partial charge in [0.1, 0.15) is 6.61 Å². The molecule has 0 N–H and O–H groups in total. The zero-order valence-electron chi connectivity index (χ0n) is 18.7. The summed E-state index contributed by atoms with van der Waals surface area (Å²) in [4.78, 5) is 26.9. The van der Waals surface area contributed by atoms with E-state index < -0.39 is 10.9 Å². The van der Waals surface area contributed by atoms with E-state index in [0.717, 1.165) is 11.1 Å². The van der Waals surface area contributed by atoms with Crippen molar-refractivity contribution in [2.75, 3.05) is 6.61 Å². The standard InChI is InChI=1S/C26H22N2O6/c1-3-32-24-15-18(8-13-23(24)33-16-20-7-5-4-6-17(20)2)14-22-26(29)34-25(27-22)19-9-11-21(12-10-19)28(30)31/h4-15H,3,16H2,1-2H3/b22-14-. The first-order valence-corrected chi connectivity index (χ1v) is 10.7. The summed E-state index contributed by atoms with van der Waals surface area (Å²) in [5, 5.41) is 10.8. The smallest absolute Gasteiger partial charge is 0.363 e. The molecule has 0 fully saturated rings. The van der Waals surface area contributed by atoms with Crippen LogP contribution in [0.15, 0.2) is 77.4 Å². The first-order chi connectivity index (χ1) is 16.4. The summed E-state index contributed by atoms with van der Waals surface area (Å²) in [6.45, 7) is 4.77. The molecule has 34 heavy (non-hydrogen) atoms. The monoisotopic (exact) mass is 458 g/mol. The lowest BCUT2D eigenvalue weighted by Gasteiger charge is -2.13. The van der Waals surface area contributed by atoms with Crippen LogP contribution < -0.4 is 9.47 Å². The van der Waals surface area contributed by atoms with Crippen molar-refractivity contribution in [3.05, 3.63) is 105 Å². The summed E-state index contributed by atoms with van der Waals surface area (Å²) in [6, 6.07) is 19.0. The topological polar surface area (TPSA) is 100 Å². The third-order valence-corrected chi connectivity index (χ3v) is 5.16. The van der Waals surface area contributed by atoms with E-state index in [-0.39, 0.29) is 17.3 Å². The van der Waals surface area contributed by atoms with E-state index >= 15 is 0 Å². The molecule has 4 rings (SSSR count). The van der Waals surface area contributed by atoms with Crippen LogP contribution in [0, 0.1) is 17.0 Å². The number of benzene rings is 3. The number of aliphatic imine (C=N–C) groups is 1. The van der Waals surface area contributed by atoms with E-state index in [4.69, 9.17) is 14.2 Å². The van der Waals surface area contributed by atoms with E-state index in [1.807, 2.05) is 38.1 Å². The largest absolute Gasteiger partial charge is 0.490 e. The van der Waals surface area contributed by atoms with Gasteiger partial charge in [-0.2, -0.15) is 0 Å². The summed E-state index contributed by atoms with van der Waals surface area (Å²) in [7, 11) is 0. The van der Waals surface area contributed by atoms with Crippen molar-refractivity contribution >= 4 is 23.6 Å². The molecule has 1 aliphatic heterocycles. The Morgan fingerprint density at radius 1 is 1.03 bits per heavy atom. The van der Waals surface area contributed by atoms with Crippen LogP contribution in [0.5, 0.6) is 11.5 Å². The molecule has 0 aromatic heterocycles. The third kappa shape index (κ3) is 5.12. The van der Waals surface area contributed by atoms with Gasteiger partial charge in [-0.1, -0.05) is 30.3 Å². The number of nitro groups is 1.